The summed E-state index contributed by atoms with van der Waals surface area (Å²) in [5, 5.41) is 0. The van der Waals surface area contributed by atoms with Crippen LogP contribution in [-0.2, 0) is 22.4 Å². The number of aryl methyl sites for hydroxylation is 2. The van der Waals surface area contributed by atoms with Crippen LogP contribution in [0, 0.1) is 5.92 Å². The maximum Gasteiger partial charge on any atom is 0.309 e. The minimum absolute atomic E-state index is 0.00951. The molecule has 2 heteroatoms. The first-order chi connectivity index (χ1) is 8.24. The third-order valence-electron chi connectivity index (χ3n) is 3.97. The lowest BCUT2D eigenvalue weighted by molar-refractivity contribution is -0.144. The molecular weight excluding hydrogens is 212 g/mol. The van der Waals surface area contributed by atoms with Gasteiger partial charge in [0, 0.05) is 6.42 Å². The molecule has 1 saturated heterocycles. The molecule has 2 unspecified atom stereocenters. The van der Waals surface area contributed by atoms with Crippen LogP contribution >= 0.6 is 0 Å². The summed E-state index contributed by atoms with van der Waals surface area (Å²) >= 11 is 0. The largest absolute Gasteiger partial charge is 0.457 e. The van der Waals surface area contributed by atoms with Gasteiger partial charge in [0.25, 0.3) is 0 Å². The van der Waals surface area contributed by atoms with E-state index >= 15 is 0 Å². The fourth-order valence-corrected chi connectivity index (χ4v) is 2.88. The molecular formula is C15H18O2. The Morgan fingerprint density at radius 2 is 1.94 bits per heavy atom. The van der Waals surface area contributed by atoms with E-state index in [0.29, 0.717) is 0 Å². The predicted octanol–water partition coefficient (Wildman–Crippen LogP) is 3.19. The minimum atomic E-state index is -0.0484. The Morgan fingerprint density at radius 3 is 2.65 bits per heavy atom. The number of benzene rings is 1. The monoisotopic (exact) mass is 230 g/mol. The molecule has 2 nitrogen and oxygen atoms in total. The van der Waals surface area contributed by atoms with Gasteiger partial charge in [-0.3, -0.25) is 4.79 Å². The first-order valence-electron chi connectivity index (χ1n) is 6.56. The first-order valence-corrected chi connectivity index (χ1v) is 6.56. The molecule has 1 heterocycles. The van der Waals surface area contributed by atoms with E-state index in [1.54, 1.807) is 0 Å². The fourth-order valence-electron chi connectivity index (χ4n) is 2.88. The van der Waals surface area contributed by atoms with Gasteiger partial charge in [-0.2, -0.15) is 0 Å². The van der Waals surface area contributed by atoms with Gasteiger partial charge in [0.2, 0.25) is 0 Å². The second-order valence-electron chi connectivity index (χ2n) is 5.30. The number of rotatable bonds is 1. The van der Waals surface area contributed by atoms with Crippen molar-refractivity contribution in [3.05, 3.63) is 34.9 Å². The molecule has 90 valence electrons. The van der Waals surface area contributed by atoms with Crippen molar-refractivity contribution in [3.63, 3.8) is 0 Å². The summed E-state index contributed by atoms with van der Waals surface area (Å²) in [5.41, 5.74) is 4.13. The van der Waals surface area contributed by atoms with Crippen molar-refractivity contribution >= 4 is 5.97 Å². The lowest BCUT2D eigenvalue weighted by atomic mass is 9.89. The van der Waals surface area contributed by atoms with Crippen LogP contribution in [0.2, 0.25) is 0 Å². The molecule has 0 saturated carbocycles. The molecule has 2 aliphatic rings. The first kappa shape index (κ1) is 10.8. The maximum absolute atomic E-state index is 11.4. The van der Waals surface area contributed by atoms with E-state index in [4.69, 9.17) is 4.74 Å². The summed E-state index contributed by atoms with van der Waals surface area (Å²) in [6.07, 6.45) is 5.80. The van der Waals surface area contributed by atoms with Crippen molar-refractivity contribution in [1.82, 2.24) is 0 Å². The Balaban J connectivity index is 1.87. The molecule has 3 rings (SSSR count). The van der Waals surface area contributed by atoms with Crippen LogP contribution in [0.1, 0.15) is 49.0 Å². The normalized spacial score (nSPS) is 27.7. The number of fused-ring (bicyclic) bond motifs is 1. The van der Waals surface area contributed by atoms with Crippen molar-refractivity contribution in [2.75, 3.05) is 0 Å². The van der Waals surface area contributed by atoms with Gasteiger partial charge in [-0.05, 0) is 42.4 Å². The van der Waals surface area contributed by atoms with Crippen LogP contribution in [0.25, 0.3) is 0 Å². The third-order valence-corrected chi connectivity index (χ3v) is 3.97. The van der Waals surface area contributed by atoms with E-state index < -0.39 is 0 Å². The van der Waals surface area contributed by atoms with Crippen LogP contribution in [0.5, 0.6) is 0 Å². The van der Waals surface area contributed by atoms with Crippen LogP contribution in [-0.4, -0.2) is 5.97 Å². The van der Waals surface area contributed by atoms with Crippen LogP contribution in [0.3, 0.4) is 0 Å². The van der Waals surface area contributed by atoms with E-state index in [9.17, 15) is 4.79 Å². The zero-order valence-corrected chi connectivity index (χ0v) is 10.2. The van der Waals surface area contributed by atoms with Crippen molar-refractivity contribution < 1.29 is 9.53 Å². The molecule has 0 amide bonds. The molecule has 0 bridgehead atoms. The molecule has 0 aromatic heterocycles. The maximum atomic E-state index is 11.4. The second kappa shape index (κ2) is 4.17. The summed E-state index contributed by atoms with van der Waals surface area (Å²) in [5.74, 6) is 0.00348. The standard InChI is InChI=1S/C15H18O2/c1-10-8-14(17-15(10)16)13-7-6-11-4-2-3-5-12(11)9-13/h6-7,9-10,14H,2-5,8H2,1H3. The Hall–Kier alpha value is -1.31. The van der Waals surface area contributed by atoms with Gasteiger partial charge in [-0.15, -0.1) is 0 Å². The Kier molecular flexibility index (Phi) is 2.65. The zero-order chi connectivity index (χ0) is 11.8. The van der Waals surface area contributed by atoms with Crippen LogP contribution in [0.15, 0.2) is 18.2 Å². The Morgan fingerprint density at radius 1 is 1.18 bits per heavy atom. The molecule has 17 heavy (non-hydrogen) atoms. The average Bonchev–Trinajstić information content (AvgIpc) is 2.69. The van der Waals surface area contributed by atoms with Crippen LogP contribution in [0.4, 0.5) is 0 Å². The van der Waals surface area contributed by atoms with E-state index in [2.05, 4.69) is 18.2 Å². The Bertz CT molecular complexity index is 450. The highest BCUT2D eigenvalue weighted by molar-refractivity contribution is 5.74. The summed E-state index contributed by atoms with van der Waals surface area (Å²) in [7, 11) is 0. The summed E-state index contributed by atoms with van der Waals surface area (Å²) < 4.78 is 5.41. The lowest BCUT2D eigenvalue weighted by Crippen LogP contribution is -2.05. The fraction of sp³-hybridized carbons (Fsp3) is 0.533. The third kappa shape index (κ3) is 1.97. The van der Waals surface area contributed by atoms with E-state index in [0.717, 1.165) is 6.42 Å². The van der Waals surface area contributed by atoms with E-state index in [1.165, 1.54) is 42.4 Å². The highest BCUT2D eigenvalue weighted by Gasteiger charge is 2.32. The minimum Gasteiger partial charge on any atom is -0.457 e. The summed E-state index contributed by atoms with van der Waals surface area (Å²) in [4.78, 5) is 11.4. The van der Waals surface area contributed by atoms with Crippen molar-refractivity contribution in [1.29, 1.82) is 0 Å². The molecule has 0 radical (unpaired) electrons. The van der Waals surface area contributed by atoms with Gasteiger partial charge in [0.15, 0.2) is 0 Å². The topological polar surface area (TPSA) is 26.3 Å². The number of cyclic esters (lactones) is 1. The van der Waals surface area contributed by atoms with Gasteiger partial charge in [-0.1, -0.05) is 25.1 Å². The number of carbonyl (C=O) groups excluding carboxylic acids is 1. The van der Waals surface area contributed by atoms with Crippen LogP contribution < -0.4 is 0 Å². The van der Waals surface area contributed by atoms with Crippen molar-refractivity contribution in [2.45, 2.75) is 45.1 Å². The smallest absolute Gasteiger partial charge is 0.309 e. The van der Waals surface area contributed by atoms with Gasteiger partial charge < -0.3 is 4.74 Å². The molecule has 1 aromatic carbocycles. The Labute approximate surface area is 102 Å². The second-order valence-corrected chi connectivity index (χ2v) is 5.30. The van der Waals surface area contributed by atoms with Gasteiger partial charge in [-0.25, -0.2) is 0 Å². The zero-order valence-electron chi connectivity index (χ0n) is 10.2. The predicted molar refractivity (Wildman–Crippen MR) is 65.7 cm³/mol. The highest BCUT2D eigenvalue weighted by Crippen LogP contribution is 2.34. The quantitative estimate of drug-likeness (QED) is 0.692. The number of hydrogen-bond donors (Lipinski definition) is 0. The number of carbonyl (C=O) groups is 1. The number of esters is 1. The molecule has 1 aromatic rings. The summed E-state index contributed by atoms with van der Waals surface area (Å²) in [6, 6.07) is 6.62. The van der Waals surface area contributed by atoms with Gasteiger partial charge in [0.05, 0.1) is 5.92 Å². The van der Waals surface area contributed by atoms with E-state index in [-0.39, 0.29) is 18.0 Å². The molecule has 0 spiro atoms. The van der Waals surface area contributed by atoms with Crippen molar-refractivity contribution in [3.8, 4) is 0 Å². The highest BCUT2D eigenvalue weighted by atomic mass is 16.5. The molecule has 1 aliphatic carbocycles. The molecule has 1 fully saturated rings. The number of hydrogen-bond acceptors (Lipinski definition) is 2. The van der Waals surface area contributed by atoms with Gasteiger partial charge >= 0.3 is 5.97 Å². The number of ether oxygens (including phenoxy) is 1. The van der Waals surface area contributed by atoms with Gasteiger partial charge in [0.1, 0.15) is 6.10 Å². The average molecular weight is 230 g/mol. The summed E-state index contributed by atoms with van der Waals surface area (Å²) in [6.45, 7) is 1.95. The van der Waals surface area contributed by atoms with E-state index in [1.807, 2.05) is 6.92 Å². The molecule has 0 N–H and O–H groups in total. The SMILES string of the molecule is CC1CC(c2ccc3c(c2)CCCC3)OC1=O. The lowest BCUT2D eigenvalue weighted by Gasteiger charge is -2.18. The molecule has 2 atom stereocenters. The van der Waals surface area contributed by atoms with Crippen molar-refractivity contribution in [2.24, 2.45) is 5.92 Å². The molecule has 1 aliphatic heterocycles.